The van der Waals surface area contributed by atoms with Gasteiger partial charge in [0.15, 0.2) is 0 Å². The van der Waals surface area contributed by atoms with E-state index in [2.05, 4.69) is 0 Å². The molecule has 1 heterocycles. The maximum Gasteiger partial charge on any atom is 1.00 e. The molecule has 0 atom stereocenters. The second-order valence-corrected chi connectivity index (χ2v) is 4.90. The Kier molecular flexibility index (Phi) is 15.3. The van der Waals surface area contributed by atoms with E-state index >= 15 is 0 Å². The second kappa shape index (κ2) is 11.7. The van der Waals surface area contributed by atoms with Crippen LogP contribution >= 0.6 is 23.5 Å². The average Bonchev–Trinajstić information content (AvgIpc) is 2.07. The van der Waals surface area contributed by atoms with Crippen molar-refractivity contribution < 1.29 is 42.8 Å². The van der Waals surface area contributed by atoms with Crippen LogP contribution in [0.25, 0.3) is 0 Å². The molecule has 0 unspecified atom stereocenters. The largest absolute Gasteiger partial charge is 1.00 e. The van der Waals surface area contributed by atoms with Crippen molar-refractivity contribution in [2.45, 2.75) is 12.8 Å². The van der Waals surface area contributed by atoms with Crippen molar-refractivity contribution in [1.29, 1.82) is 0 Å². The smallest absolute Gasteiger partial charge is 0.851 e. The summed E-state index contributed by atoms with van der Waals surface area (Å²) >= 11 is 3.88. The van der Waals surface area contributed by atoms with Crippen molar-refractivity contribution >= 4 is 23.5 Å². The Labute approximate surface area is 113 Å². The third-order valence-corrected chi connectivity index (χ3v) is 4.03. The molecule has 0 N–H and O–H groups in total. The van der Waals surface area contributed by atoms with Gasteiger partial charge in [-0.3, -0.25) is 0 Å². The van der Waals surface area contributed by atoms with Crippen molar-refractivity contribution in [2.24, 2.45) is 0 Å². The molecule has 0 aromatic heterocycles. The van der Waals surface area contributed by atoms with Crippen LogP contribution in [-0.2, 0) is 0 Å². The number of hydrogen-bond donors (Lipinski definition) is 0. The van der Waals surface area contributed by atoms with Crippen LogP contribution in [0.5, 0.6) is 0 Å². The van der Waals surface area contributed by atoms with Crippen LogP contribution in [0.1, 0.15) is 12.8 Å². The standard InChI is InChI=1S/C8H12OS2.2Li/c9-5-2-1-4-8-10-6-3-7-11-8;;/h1-2H,3-7H2;;/q-2;2*+1/b2-1-;;. The molecule has 13 heavy (non-hydrogen) atoms. The summed E-state index contributed by atoms with van der Waals surface area (Å²) in [5.74, 6) is 2.51. The number of allylic oxidation sites excluding steroid dienone is 1. The van der Waals surface area contributed by atoms with Crippen LogP contribution in [0.15, 0.2) is 12.2 Å². The molecule has 0 bridgehead atoms. The minimum atomic E-state index is -0.0807. The molecule has 1 fully saturated rings. The van der Waals surface area contributed by atoms with Crippen molar-refractivity contribution in [2.75, 3.05) is 18.1 Å². The minimum Gasteiger partial charge on any atom is -0.851 e. The molecule has 1 aliphatic rings. The zero-order valence-electron chi connectivity index (χ0n) is 8.41. The summed E-state index contributed by atoms with van der Waals surface area (Å²) in [5.41, 5.74) is 0. The number of thioether (sulfide) groups is 2. The summed E-state index contributed by atoms with van der Waals surface area (Å²) in [7, 11) is 0. The minimum absolute atomic E-state index is 0. The maximum absolute atomic E-state index is 10.1. The molecule has 0 amide bonds. The van der Waals surface area contributed by atoms with Crippen molar-refractivity contribution in [1.82, 2.24) is 0 Å². The third kappa shape index (κ3) is 8.58. The quantitative estimate of drug-likeness (QED) is 0.262. The Balaban J connectivity index is 0. The molecular weight excluding hydrogens is 190 g/mol. The fourth-order valence-corrected chi connectivity index (χ4v) is 3.31. The van der Waals surface area contributed by atoms with Crippen LogP contribution in [0, 0.1) is 4.58 Å². The monoisotopic (exact) mass is 202 g/mol. The topological polar surface area (TPSA) is 23.1 Å². The van der Waals surface area contributed by atoms with Crippen molar-refractivity contribution in [3.8, 4) is 0 Å². The zero-order valence-corrected chi connectivity index (χ0v) is 10.0. The van der Waals surface area contributed by atoms with Gasteiger partial charge in [-0.05, 0) is 17.9 Å². The van der Waals surface area contributed by atoms with Crippen LogP contribution in [-0.4, -0.2) is 18.1 Å². The van der Waals surface area contributed by atoms with Gasteiger partial charge in [-0.2, -0.15) is 0 Å². The van der Waals surface area contributed by atoms with E-state index in [4.69, 9.17) is 0 Å². The van der Waals surface area contributed by atoms with Gasteiger partial charge < -0.3 is 28.6 Å². The normalized spacial score (nSPS) is 17.9. The molecule has 64 valence electrons. The Morgan fingerprint density at radius 3 is 2.31 bits per heavy atom. The molecular formula is C8H12Li2OS2. The average molecular weight is 202 g/mol. The van der Waals surface area contributed by atoms with Crippen LogP contribution < -0.4 is 42.8 Å². The van der Waals surface area contributed by atoms with Gasteiger partial charge in [-0.25, -0.2) is 4.58 Å². The number of rotatable bonds is 3. The van der Waals surface area contributed by atoms with E-state index in [1.807, 2.05) is 29.6 Å². The van der Waals surface area contributed by atoms with Gasteiger partial charge in [0.05, 0.1) is 0 Å². The zero-order chi connectivity index (χ0) is 7.94. The van der Waals surface area contributed by atoms with E-state index in [1.54, 1.807) is 6.08 Å². The van der Waals surface area contributed by atoms with E-state index in [1.165, 1.54) is 22.5 Å². The molecule has 0 aromatic carbocycles. The predicted molar refractivity (Wildman–Crippen MR) is 51.4 cm³/mol. The fraction of sp³-hybridized carbons (Fsp3) is 0.625. The van der Waals surface area contributed by atoms with Crippen molar-refractivity contribution in [3.05, 3.63) is 16.7 Å². The molecule has 1 aliphatic heterocycles. The van der Waals surface area contributed by atoms with Gasteiger partial charge >= 0.3 is 37.7 Å². The summed E-state index contributed by atoms with van der Waals surface area (Å²) in [5, 5.41) is 10.1. The van der Waals surface area contributed by atoms with Gasteiger partial charge in [0.2, 0.25) is 0 Å². The van der Waals surface area contributed by atoms with Crippen LogP contribution in [0.2, 0.25) is 0 Å². The van der Waals surface area contributed by atoms with Gasteiger partial charge in [0.25, 0.3) is 0 Å². The Morgan fingerprint density at radius 2 is 1.77 bits per heavy atom. The third-order valence-electron chi connectivity index (χ3n) is 1.36. The molecule has 5 heteroatoms. The van der Waals surface area contributed by atoms with Gasteiger partial charge in [0, 0.05) is 0 Å². The molecule has 0 aliphatic carbocycles. The Bertz CT molecular complexity index is 127. The molecule has 0 saturated carbocycles. The first-order chi connectivity index (χ1) is 5.43. The van der Waals surface area contributed by atoms with E-state index in [9.17, 15) is 5.11 Å². The van der Waals surface area contributed by atoms with E-state index in [0.29, 0.717) is 0 Å². The SMILES string of the molecule is [Li+].[Li+].[O-]C/C=C\C[C-]1SCCCS1. The van der Waals surface area contributed by atoms with Gasteiger partial charge in [0.1, 0.15) is 0 Å². The molecule has 0 aromatic rings. The summed E-state index contributed by atoms with van der Waals surface area (Å²) in [6.07, 6.45) is 5.98. The fourth-order valence-electron chi connectivity index (χ4n) is 0.838. The first kappa shape index (κ1) is 17.0. The first-order valence-corrected chi connectivity index (χ1v) is 5.75. The second-order valence-electron chi connectivity index (χ2n) is 2.26. The molecule has 1 saturated heterocycles. The van der Waals surface area contributed by atoms with Gasteiger partial charge in [-0.15, -0.1) is 25.2 Å². The van der Waals surface area contributed by atoms with Crippen molar-refractivity contribution in [3.63, 3.8) is 0 Å². The summed E-state index contributed by atoms with van der Waals surface area (Å²) < 4.78 is 1.47. The first-order valence-electron chi connectivity index (χ1n) is 3.78. The molecule has 0 radical (unpaired) electrons. The summed E-state index contributed by atoms with van der Waals surface area (Å²) in [6, 6.07) is 0. The van der Waals surface area contributed by atoms with E-state index in [0.717, 1.165) is 6.42 Å². The van der Waals surface area contributed by atoms with Crippen LogP contribution in [0.4, 0.5) is 0 Å². The van der Waals surface area contributed by atoms with Gasteiger partial charge in [-0.1, -0.05) is 0 Å². The molecule has 1 nitrogen and oxygen atoms in total. The van der Waals surface area contributed by atoms with E-state index < -0.39 is 0 Å². The Hall–Kier alpha value is 1.59. The molecule has 1 rings (SSSR count). The molecule has 0 spiro atoms. The Morgan fingerprint density at radius 1 is 1.15 bits per heavy atom. The summed E-state index contributed by atoms with van der Waals surface area (Å²) in [4.78, 5) is 0. The predicted octanol–water partition coefficient (Wildman–Crippen LogP) is -4.34. The van der Waals surface area contributed by atoms with Crippen LogP contribution in [0.3, 0.4) is 0 Å². The maximum atomic E-state index is 10.1. The summed E-state index contributed by atoms with van der Waals surface area (Å²) in [6.45, 7) is -0.0807. The number of hydrogen-bond acceptors (Lipinski definition) is 3. The van der Waals surface area contributed by atoms with E-state index in [-0.39, 0.29) is 44.3 Å².